The van der Waals surface area contributed by atoms with Crippen molar-refractivity contribution in [3.05, 3.63) is 24.2 Å². The van der Waals surface area contributed by atoms with Gasteiger partial charge in [-0.3, -0.25) is 0 Å². The zero-order valence-corrected chi connectivity index (χ0v) is 5.55. The van der Waals surface area contributed by atoms with Gasteiger partial charge in [0.2, 0.25) is 0 Å². The molecule has 0 radical (unpaired) electrons. The van der Waals surface area contributed by atoms with E-state index in [-0.39, 0.29) is 0 Å². The Labute approximate surface area is 54.9 Å². The lowest BCUT2D eigenvalue weighted by Crippen LogP contribution is -2.09. The normalized spacial score (nSPS) is 9.89. The smallest absolute Gasteiger partial charge is 0.105 e. The van der Waals surface area contributed by atoms with E-state index >= 15 is 0 Å². The van der Waals surface area contributed by atoms with Gasteiger partial charge in [0.15, 0.2) is 0 Å². The Balaban J connectivity index is 2.30. The largest absolute Gasteiger partial charge is 0.469 e. The van der Waals surface area contributed by atoms with Crippen molar-refractivity contribution in [2.24, 2.45) is 0 Å². The summed E-state index contributed by atoms with van der Waals surface area (Å²) in [5.41, 5.74) is 0. The molecule has 0 bridgehead atoms. The van der Waals surface area contributed by atoms with E-state index in [0.29, 0.717) is 0 Å². The third-order valence-electron chi connectivity index (χ3n) is 1.20. The van der Waals surface area contributed by atoms with Crippen LogP contribution < -0.4 is 5.32 Å². The van der Waals surface area contributed by atoms with Crippen LogP contribution >= 0.6 is 0 Å². The van der Waals surface area contributed by atoms with Crippen LogP contribution in [0.2, 0.25) is 0 Å². The van der Waals surface area contributed by atoms with Gasteiger partial charge in [0.1, 0.15) is 5.76 Å². The molecule has 50 valence electrons. The summed E-state index contributed by atoms with van der Waals surface area (Å²) in [7, 11) is 1.93. The highest BCUT2D eigenvalue weighted by Crippen LogP contribution is 1.98. The molecule has 1 aromatic rings. The lowest BCUT2D eigenvalue weighted by Gasteiger charge is -1.92. The third-order valence-corrected chi connectivity index (χ3v) is 1.20. The first-order chi connectivity index (χ1) is 4.43. The lowest BCUT2D eigenvalue weighted by molar-refractivity contribution is 0.504. The summed E-state index contributed by atoms with van der Waals surface area (Å²) in [6, 6.07) is 3.89. The zero-order valence-electron chi connectivity index (χ0n) is 5.55. The molecule has 1 heterocycles. The fourth-order valence-electron chi connectivity index (χ4n) is 0.703. The lowest BCUT2D eigenvalue weighted by atomic mass is 10.3. The molecule has 0 spiro atoms. The molecule has 1 rings (SSSR count). The maximum Gasteiger partial charge on any atom is 0.105 e. The molecule has 9 heavy (non-hydrogen) atoms. The molecule has 2 nitrogen and oxygen atoms in total. The monoisotopic (exact) mass is 125 g/mol. The van der Waals surface area contributed by atoms with Crippen molar-refractivity contribution in [2.45, 2.75) is 6.42 Å². The fraction of sp³-hybridized carbons (Fsp3) is 0.429. The summed E-state index contributed by atoms with van der Waals surface area (Å²) in [6.45, 7) is 0.980. The molecule has 0 aliphatic heterocycles. The van der Waals surface area contributed by atoms with E-state index in [4.69, 9.17) is 4.42 Å². The topological polar surface area (TPSA) is 25.2 Å². The minimum atomic E-state index is 0.976. The van der Waals surface area contributed by atoms with Crippen molar-refractivity contribution in [1.82, 2.24) is 5.32 Å². The van der Waals surface area contributed by atoms with Crippen molar-refractivity contribution in [3.63, 3.8) is 0 Å². The molecule has 0 saturated carbocycles. The van der Waals surface area contributed by atoms with Crippen LogP contribution in [0, 0.1) is 0 Å². The average molecular weight is 125 g/mol. The quantitative estimate of drug-likeness (QED) is 0.653. The molecule has 0 aliphatic rings. The highest BCUT2D eigenvalue weighted by Gasteiger charge is 1.90. The second-order valence-corrected chi connectivity index (χ2v) is 1.93. The van der Waals surface area contributed by atoms with Gasteiger partial charge in [-0.2, -0.15) is 0 Å². The average Bonchev–Trinajstić information content (AvgIpc) is 2.34. The van der Waals surface area contributed by atoms with Gasteiger partial charge in [-0.05, 0) is 19.2 Å². The van der Waals surface area contributed by atoms with Gasteiger partial charge in [0.25, 0.3) is 0 Å². The molecule has 1 N–H and O–H groups in total. The van der Waals surface area contributed by atoms with Crippen LogP contribution in [0.3, 0.4) is 0 Å². The van der Waals surface area contributed by atoms with E-state index < -0.39 is 0 Å². The second kappa shape index (κ2) is 3.30. The summed E-state index contributed by atoms with van der Waals surface area (Å²) in [5, 5.41) is 3.05. The van der Waals surface area contributed by atoms with E-state index in [1.165, 1.54) is 0 Å². The third kappa shape index (κ3) is 1.90. The first kappa shape index (κ1) is 6.36. The van der Waals surface area contributed by atoms with Crippen molar-refractivity contribution < 1.29 is 4.42 Å². The van der Waals surface area contributed by atoms with Crippen LogP contribution in [0.1, 0.15) is 5.76 Å². The Morgan fingerprint density at radius 3 is 3.11 bits per heavy atom. The van der Waals surface area contributed by atoms with Gasteiger partial charge < -0.3 is 9.73 Å². The van der Waals surface area contributed by atoms with Gasteiger partial charge in [-0.25, -0.2) is 0 Å². The van der Waals surface area contributed by atoms with Gasteiger partial charge in [-0.15, -0.1) is 0 Å². The van der Waals surface area contributed by atoms with E-state index in [1.807, 2.05) is 19.2 Å². The molecule has 1 aromatic heterocycles. The number of rotatable bonds is 3. The minimum absolute atomic E-state index is 0.976. The predicted octanol–water partition coefficient (Wildman–Crippen LogP) is 1.04. The Bertz CT molecular complexity index is 146. The SMILES string of the molecule is CNCCc1ccco1. The van der Waals surface area contributed by atoms with Crippen LogP contribution in [-0.4, -0.2) is 13.6 Å². The summed E-state index contributed by atoms with van der Waals surface area (Å²) >= 11 is 0. The van der Waals surface area contributed by atoms with Crippen LogP contribution in [-0.2, 0) is 6.42 Å². The standard InChI is InChI=1S/C7H11NO/c1-8-5-4-7-3-2-6-9-7/h2-3,6,8H,4-5H2,1H3. The molecular weight excluding hydrogens is 114 g/mol. The zero-order chi connectivity index (χ0) is 6.53. The Kier molecular flexibility index (Phi) is 2.33. The number of hydrogen-bond acceptors (Lipinski definition) is 2. The van der Waals surface area contributed by atoms with Crippen molar-refractivity contribution >= 4 is 0 Å². The fourth-order valence-corrected chi connectivity index (χ4v) is 0.703. The number of nitrogens with one attached hydrogen (secondary N) is 1. The Morgan fingerprint density at radius 2 is 2.56 bits per heavy atom. The first-order valence-corrected chi connectivity index (χ1v) is 3.10. The second-order valence-electron chi connectivity index (χ2n) is 1.93. The van der Waals surface area contributed by atoms with Crippen LogP contribution in [0.25, 0.3) is 0 Å². The molecule has 0 atom stereocenters. The van der Waals surface area contributed by atoms with Gasteiger partial charge in [0.05, 0.1) is 6.26 Å². The maximum atomic E-state index is 5.10. The number of likely N-dealkylation sites (N-methyl/N-ethyl adjacent to an activating group) is 1. The molecule has 0 fully saturated rings. The van der Waals surface area contributed by atoms with E-state index in [2.05, 4.69) is 5.32 Å². The van der Waals surface area contributed by atoms with Gasteiger partial charge in [0, 0.05) is 13.0 Å². The molecule has 0 unspecified atom stereocenters. The van der Waals surface area contributed by atoms with Crippen LogP contribution in [0.5, 0.6) is 0 Å². The predicted molar refractivity (Wildman–Crippen MR) is 36.3 cm³/mol. The van der Waals surface area contributed by atoms with Crippen LogP contribution in [0.15, 0.2) is 22.8 Å². The molecule has 0 aromatic carbocycles. The van der Waals surface area contributed by atoms with Gasteiger partial charge in [-0.1, -0.05) is 0 Å². The highest BCUT2D eigenvalue weighted by molar-refractivity contribution is 4.98. The van der Waals surface area contributed by atoms with Crippen LogP contribution in [0.4, 0.5) is 0 Å². The van der Waals surface area contributed by atoms with Gasteiger partial charge >= 0.3 is 0 Å². The molecule has 0 saturated heterocycles. The first-order valence-electron chi connectivity index (χ1n) is 3.10. The van der Waals surface area contributed by atoms with Crippen molar-refractivity contribution in [2.75, 3.05) is 13.6 Å². The molecule has 0 amide bonds. The molecular formula is C7H11NO. The highest BCUT2D eigenvalue weighted by atomic mass is 16.3. The number of hydrogen-bond donors (Lipinski definition) is 1. The number of furan rings is 1. The molecule has 0 aliphatic carbocycles. The van der Waals surface area contributed by atoms with Crippen molar-refractivity contribution in [3.8, 4) is 0 Å². The minimum Gasteiger partial charge on any atom is -0.469 e. The maximum absolute atomic E-state index is 5.10. The Morgan fingerprint density at radius 1 is 1.67 bits per heavy atom. The summed E-state index contributed by atoms with van der Waals surface area (Å²) < 4.78 is 5.10. The van der Waals surface area contributed by atoms with E-state index in [0.717, 1.165) is 18.7 Å². The summed E-state index contributed by atoms with van der Waals surface area (Å²) in [4.78, 5) is 0. The summed E-state index contributed by atoms with van der Waals surface area (Å²) in [6.07, 6.45) is 2.68. The summed E-state index contributed by atoms with van der Waals surface area (Å²) in [5.74, 6) is 1.05. The van der Waals surface area contributed by atoms with Crippen molar-refractivity contribution in [1.29, 1.82) is 0 Å². The Hall–Kier alpha value is -0.760. The molecule has 2 heteroatoms. The van der Waals surface area contributed by atoms with E-state index in [1.54, 1.807) is 6.26 Å². The van der Waals surface area contributed by atoms with E-state index in [9.17, 15) is 0 Å².